The van der Waals surface area contributed by atoms with Crippen LogP contribution < -0.4 is 10.6 Å². The van der Waals surface area contributed by atoms with Gasteiger partial charge in [-0.15, -0.1) is 0 Å². The molecule has 1 heterocycles. The van der Waals surface area contributed by atoms with Gasteiger partial charge in [0.2, 0.25) is 5.91 Å². The first-order valence-corrected chi connectivity index (χ1v) is 6.21. The highest BCUT2D eigenvalue weighted by atomic mass is 16.4. The lowest BCUT2D eigenvalue weighted by atomic mass is 9.94. The van der Waals surface area contributed by atoms with Gasteiger partial charge in [0.25, 0.3) is 0 Å². The molecule has 0 aromatic heterocycles. The van der Waals surface area contributed by atoms with Gasteiger partial charge in [-0.25, -0.2) is 4.79 Å². The van der Waals surface area contributed by atoms with E-state index < -0.39 is 12.0 Å². The van der Waals surface area contributed by atoms with E-state index in [0.717, 1.165) is 13.0 Å². The van der Waals surface area contributed by atoms with Gasteiger partial charge in [0, 0.05) is 6.54 Å². The molecule has 0 bridgehead atoms. The zero-order chi connectivity index (χ0) is 13.0. The van der Waals surface area contributed by atoms with Crippen molar-refractivity contribution in [2.75, 3.05) is 13.1 Å². The van der Waals surface area contributed by atoms with Crippen LogP contribution in [-0.4, -0.2) is 36.1 Å². The largest absolute Gasteiger partial charge is 0.480 e. The van der Waals surface area contributed by atoms with E-state index in [-0.39, 0.29) is 23.7 Å². The summed E-state index contributed by atoms with van der Waals surface area (Å²) >= 11 is 0. The molecule has 1 saturated heterocycles. The molecule has 0 aromatic carbocycles. The summed E-state index contributed by atoms with van der Waals surface area (Å²) in [7, 11) is 0. The van der Waals surface area contributed by atoms with Crippen molar-refractivity contribution in [2.24, 2.45) is 17.8 Å². The molecule has 3 N–H and O–H groups in total. The molecule has 0 aliphatic carbocycles. The van der Waals surface area contributed by atoms with Gasteiger partial charge in [0.05, 0.1) is 5.92 Å². The van der Waals surface area contributed by atoms with Crippen molar-refractivity contribution in [3.8, 4) is 0 Å². The van der Waals surface area contributed by atoms with Crippen LogP contribution in [0.4, 0.5) is 0 Å². The fourth-order valence-corrected chi connectivity index (χ4v) is 2.10. The van der Waals surface area contributed by atoms with E-state index in [0.29, 0.717) is 6.54 Å². The summed E-state index contributed by atoms with van der Waals surface area (Å²) in [6.07, 6.45) is 0.732. The second-order valence-electron chi connectivity index (χ2n) is 4.95. The molecule has 1 fully saturated rings. The summed E-state index contributed by atoms with van der Waals surface area (Å²) in [5.74, 6) is -0.995. The van der Waals surface area contributed by atoms with Crippen LogP contribution in [0.2, 0.25) is 0 Å². The Labute approximate surface area is 102 Å². The molecule has 0 spiro atoms. The van der Waals surface area contributed by atoms with Gasteiger partial charge in [-0.2, -0.15) is 0 Å². The topological polar surface area (TPSA) is 78.4 Å². The first-order valence-electron chi connectivity index (χ1n) is 6.21. The SMILES string of the molecule is CCC(C)C(NC(=O)[C@@H]1CNC[C@H]1C)C(=O)O. The van der Waals surface area contributed by atoms with Gasteiger partial charge in [0.1, 0.15) is 6.04 Å². The van der Waals surface area contributed by atoms with Gasteiger partial charge >= 0.3 is 5.97 Å². The lowest BCUT2D eigenvalue weighted by molar-refractivity contribution is -0.144. The second kappa shape index (κ2) is 6.00. The number of hydrogen-bond acceptors (Lipinski definition) is 3. The van der Waals surface area contributed by atoms with E-state index in [1.165, 1.54) is 0 Å². The highest BCUT2D eigenvalue weighted by molar-refractivity contribution is 5.85. The molecular weight excluding hydrogens is 220 g/mol. The Morgan fingerprint density at radius 2 is 2.12 bits per heavy atom. The minimum Gasteiger partial charge on any atom is -0.480 e. The van der Waals surface area contributed by atoms with Crippen molar-refractivity contribution in [3.63, 3.8) is 0 Å². The Balaban J connectivity index is 2.61. The quantitative estimate of drug-likeness (QED) is 0.654. The Morgan fingerprint density at radius 1 is 1.47 bits per heavy atom. The van der Waals surface area contributed by atoms with E-state index in [1.807, 2.05) is 20.8 Å². The van der Waals surface area contributed by atoms with Crippen molar-refractivity contribution in [1.82, 2.24) is 10.6 Å². The number of rotatable bonds is 5. The van der Waals surface area contributed by atoms with Gasteiger partial charge in [-0.3, -0.25) is 4.79 Å². The maximum Gasteiger partial charge on any atom is 0.326 e. The van der Waals surface area contributed by atoms with Crippen molar-refractivity contribution in [3.05, 3.63) is 0 Å². The zero-order valence-corrected chi connectivity index (χ0v) is 10.7. The fourth-order valence-electron chi connectivity index (χ4n) is 2.10. The molecule has 1 amide bonds. The summed E-state index contributed by atoms with van der Waals surface area (Å²) in [5.41, 5.74) is 0. The molecule has 1 aliphatic rings. The van der Waals surface area contributed by atoms with Crippen molar-refractivity contribution < 1.29 is 14.7 Å². The highest BCUT2D eigenvalue weighted by Gasteiger charge is 2.33. The van der Waals surface area contributed by atoms with Crippen molar-refractivity contribution in [2.45, 2.75) is 33.2 Å². The third-order valence-corrected chi connectivity index (χ3v) is 3.63. The number of carboxylic acid groups (broad SMARTS) is 1. The molecule has 0 radical (unpaired) electrons. The van der Waals surface area contributed by atoms with Crippen LogP contribution in [-0.2, 0) is 9.59 Å². The summed E-state index contributed by atoms with van der Waals surface area (Å²) in [6, 6.07) is -0.778. The third kappa shape index (κ3) is 3.43. The average molecular weight is 242 g/mol. The third-order valence-electron chi connectivity index (χ3n) is 3.63. The number of amides is 1. The van der Waals surface area contributed by atoms with E-state index in [9.17, 15) is 9.59 Å². The molecular formula is C12H22N2O3. The molecule has 4 atom stereocenters. The predicted octanol–water partition coefficient (Wildman–Crippen LogP) is 0.457. The zero-order valence-electron chi connectivity index (χ0n) is 10.7. The van der Waals surface area contributed by atoms with E-state index in [2.05, 4.69) is 10.6 Å². The van der Waals surface area contributed by atoms with Crippen LogP contribution in [0, 0.1) is 17.8 Å². The molecule has 2 unspecified atom stereocenters. The molecule has 0 saturated carbocycles. The standard InChI is InChI=1S/C12H22N2O3/c1-4-7(2)10(12(16)17)14-11(15)9-6-13-5-8(9)3/h7-10,13H,4-6H2,1-3H3,(H,14,15)(H,16,17)/t7?,8-,9-,10?/m1/s1. The molecule has 98 valence electrons. The van der Waals surface area contributed by atoms with Crippen LogP contribution in [0.15, 0.2) is 0 Å². The Bertz CT molecular complexity index is 293. The predicted molar refractivity (Wildman–Crippen MR) is 64.5 cm³/mol. The average Bonchev–Trinajstić information content (AvgIpc) is 2.70. The Hall–Kier alpha value is -1.10. The Morgan fingerprint density at radius 3 is 2.53 bits per heavy atom. The lowest BCUT2D eigenvalue weighted by Gasteiger charge is -2.23. The fraction of sp³-hybridized carbons (Fsp3) is 0.833. The minimum atomic E-state index is -0.952. The molecule has 1 aliphatic heterocycles. The number of hydrogen-bond donors (Lipinski definition) is 3. The molecule has 0 aromatic rings. The van der Waals surface area contributed by atoms with Gasteiger partial charge in [0.15, 0.2) is 0 Å². The summed E-state index contributed by atoms with van der Waals surface area (Å²) in [5, 5.41) is 14.9. The maximum absolute atomic E-state index is 12.0. The van der Waals surface area contributed by atoms with E-state index in [1.54, 1.807) is 0 Å². The molecule has 17 heavy (non-hydrogen) atoms. The number of carbonyl (C=O) groups is 2. The summed E-state index contributed by atoms with van der Waals surface area (Å²) in [4.78, 5) is 23.1. The molecule has 5 heteroatoms. The van der Waals surface area contributed by atoms with E-state index in [4.69, 9.17) is 5.11 Å². The first kappa shape index (κ1) is 14.0. The van der Waals surface area contributed by atoms with Crippen LogP contribution in [0.3, 0.4) is 0 Å². The summed E-state index contributed by atoms with van der Waals surface area (Å²) in [6.45, 7) is 7.23. The number of carbonyl (C=O) groups excluding carboxylic acids is 1. The van der Waals surface area contributed by atoms with Crippen LogP contribution in [0.25, 0.3) is 0 Å². The lowest BCUT2D eigenvalue weighted by Crippen LogP contribution is -2.48. The van der Waals surface area contributed by atoms with Gasteiger partial charge in [-0.05, 0) is 18.4 Å². The van der Waals surface area contributed by atoms with Crippen LogP contribution >= 0.6 is 0 Å². The maximum atomic E-state index is 12.0. The van der Waals surface area contributed by atoms with Crippen LogP contribution in [0.5, 0.6) is 0 Å². The van der Waals surface area contributed by atoms with Crippen molar-refractivity contribution >= 4 is 11.9 Å². The van der Waals surface area contributed by atoms with Gasteiger partial charge in [-0.1, -0.05) is 27.2 Å². The molecule has 5 nitrogen and oxygen atoms in total. The smallest absolute Gasteiger partial charge is 0.326 e. The number of carboxylic acids is 1. The van der Waals surface area contributed by atoms with Gasteiger partial charge < -0.3 is 15.7 Å². The second-order valence-corrected chi connectivity index (χ2v) is 4.95. The van der Waals surface area contributed by atoms with Crippen molar-refractivity contribution in [1.29, 1.82) is 0 Å². The number of nitrogens with one attached hydrogen (secondary N) is 2. The Kier molecular flexibility index (Phi) is 4.93. The number of aliphatic carboxylic acids is 1. The van der Waals surface area contributed by atoms with E-state index >= 15 is 0 Å². The highest BCUT2D eigenvalue weighted by Crippen LogP contribution is 2.17. The monoisotopic (exact) mass is 242 g/mol. The normalized spacial score (nSPS) is 27.5. The molecule has 1 rings (SSSR count). The summed E-state index contributed by atoms with van der Waals surface area (Å²) < 4.78 is 0. The first-order chi connectivity index (χ1) is 7.97. The van der Waals surface area contributed by atoms with Crippen LogP contribution in [0.1, 0.15) is 27.2 Å². The minimum absolute atomic E-state index is 0.0545.